The average molecular weight is 356 g/mol. The van der Waals surface area contributed by atoms with E-state index in [1.54, 1.807) is 6.07 Å². The number of pyridine rings is 1. The van der Waals surface area contributed by atoms with Crippen molar-refractivity contribution >= 4 is 29.3 Å². The molecule has 0 aliphatic carbocycles. The molecule has 2 amide bonds. The van der Waals surface area contributed by atoms with E-state index in [9.17, 15) is 14.7 Å². The smallest absolute Gasteiger partial charge is 0.322 e. The summed E-state index contributed by atoms with van der Waals surface area (Å²) in [6.45, 7) is 6.32. The molecule has 2 unspecified atom stereocenters. The lowest BCUT2D eigenvalue weighted by Crippen LogP contribution is -2.47. The quantitative estimate of drug-likeness (QED) is 0.865. The van der Waals surface area contributed by atoms with Crippen LogP contribution in [0.2, 0.25) is 5.02 Å². The van der Waals surface area contributed by atoms with Gasteiger partial charge in [-0.25, -0.2) is 9.78 Å². The first-order chi connectivity index (χ1) is 11.3. The van der Waals surface area contributed by atoms with Gasteiger partial charge in [-0.1, -0.05) is 18.5 Å². The van der Waals surface area contributed by atoms with Gasteiger partial charge < -0.3 is 20.1 Å². The fraction of sp³-hybridized carbons (Fsp3) is 0.562. The van der Waals surface area contributed by atoms with E-state index in [0.29, 0.717) is 23.7 Å². The third kappa shape index (κ3) is 4.74. The molecule has 1 aliphatic heterocycles. The Morgan fingerprint density at radius 1 is 1.46 bits per heavy atom. The molecule has 0 bridgehead atoms. The number of nitrogens with zero attached hydrogens (tertiary/aromatic N) is 2. The van der Waals surface area contributed by atoms with Gasteiger partial charge >= 0.3 is 12.0 Å². The normalized spacial score (nSPS) is 20.8. The van der Waals surface area contributed by atoms with Crippen LogP contribution in [0.1, 0.15) is 27.2 Å². The number of aromatic nitrogens is 1. The van der Waals surface area contributed by atoms with Crippen molar-refractivity contribution in [2.75, 3.05) is 18.4 Å². The van der Waals surface area contributed by atoms with E-state index in [0.717, 1.165) is 0 Å². The highest BCUT2D eigenvalue weighted by molar-refractivity contribution is 6.30. The van der Waals surface area contributed by atoms with Crippen LogP contribution in [0.5, 0.6) is 5.88 Å². The summed E-state index contributed by atoms with van der Waals surface area (Å²) in [6.07, 6.45) is 1.90. The van der Waals surface area contributed by atoms with E-state index in [-0.39, 0.29) is 30.5 Å². The molecule has 0 saturated carbocycles. The number of likely N-dealkylation sites (tertiary alicyclic amines) is 1. The molecule has 1 saturated heterocycles. The first-order valence-corrected chi connectivity index (χ1v) is 8.25. The minimum Gasteiger partial charge on any atom is -0.481 e. The van der Waals surface area contributed by atoms with E-state index in [1.165, 1.54) is 11.1 Å². The van der Waals surface area contributed by atoms with Crippen LogP contribution in [0.4, 0.5) is 10.5 Å². The highest BCUT2D eigenvalue weighted by atomic mass is 35.5. The van der Waals surface area contributed by atoms with Crippen molar-refractivity contribution in [2.24, 2.45) is 11.8 Å². The number of carboxylic acid groups (broad SMARTS) is 1. The summed E-state index contributed by atoms with van der Waals surface area (Å²) in [5.41, 5.74) is 0.367. The first-order valence-electron chi connectivity index (χ1n) is 7.87. The van der Waals surface area contributed by atoms with Crippen molar-refractivity contribution < 1.29 is 19.4 Å². The van der Waals surface area contributed by atoms with E-state index < -0.39 is 11.9 Å². The zero-order chi connectivity index (χ0) is 17.9. The Morgan fingerprint density at radius 3 is 2.79 bits per heavy atom. The Labute approximate surface area is 146 Å². The van der Waals surface area contributed by atoms with Gasteiger partial charge in [0.05, 0.1) is 17.0 Å². The minimum atomic E-state index is -0.882. The number of hydrogen-bond donors (Lipinski definition) is 2. The number of carbonyl (C=O) groups excluding carboxylic acids is 1. The predicted octanol–water partition coefficient (Wildman–Crippen LogP) is 3.10. The summed E-state index contributed by atoms with van der Waals surface area (Å²) in [6, 6.07) is 1.18. The van der Waals surface area contributed by atoms with Crippen LogP contribution in [-0.2, 0) is 4.79 Å². The number of halogens is 1. The predicted molar refractivity (Wildman–Crippen MR) is 90.5 cm³/mol. The van der Waals surface area contributed by atoms with Crippen molar-refractivity contribution in [3.05, 3.63) is 17.3 Å². The van der Waals surface area contributed by atoms with Crippen LogP contribution < -0.4 is 10.1 Å². The van der Waals surface area contributed by atoms with Gasteiger partial charge in [0.1, 0.15) is 5.69 Å². The molecule has 2 rings (SSSR count). The maximum atomic E-state index is 12.5. The molecule has 132 valence electrons. The number of urea groups is 1. The second-order valence-electron chi connectivity index (χ2n) is 6.38. The monoisotopic (exact) mass is 355 g/mol. The molecular weight excluding hydrogens is 334 g/mol. The van der Waals surface area contributed by atoms with Crippen LogP contribution in [0.25, 0.3) is 0 Å². The lowest BCUT2D eigenvalue weighted by atomic mass is 9.91. The fourth-order valence-electron chi connectivity index (χ4n) is 2.72. The average Bonchev–Trinajstić information content (AvgIpc) is 2.49. The van der Waals surface area contributed by atoms with Gasteiger partial charge in [0, 0.05) is 19.3 Å². The lowest BCUT2D eigenvalue weighted by Gasteiger charge is -2.34. The second kappa shape index (κ2) is 7.70. The van der Waals surface area contributed by atoms with E-state index in [1.807, 2.05) is 20.8 Å². The Morgan fingerprint density at radius 2 is 2.17 bits per heavy atom. The second-order valence-corrected chi connectivity index (χ2v) is 6.82. The number of anilines is 1. The number of carboxylic acids is 1. The molecule has 7 nitrogen and oxygen atoms in total. The fourth-order valence-corrected chi connectivity index (χ4v) is 2.88. The van der Waals surface area contributed by atoms with Gasteiger partial charge in [-0.15, -0.1) is 0 Å². The standard InChI is InChI=1S/C16H22ClN3O4/c1-9(2)24-14-13(5-12(17)6-18-14)19-16(23)20-7-10(3)4-11(8-20)15(21)22/h5-6,9-11H,4,7-8H2,1-3H3,(H,19,23)(H,21,22). The number of hydrogen-bond acceptors (Lipinski definition) is 4. The largest absolute Gasteiger partial charge is 0.481 e. The summed E-state index contributed by atoms with van der Waals surface area (Å²) < 4.78 is 5.57. The third-order valence-corrected chi connectivity index (χ3v) is 3.91. The van der Waals surface area contributed by atoms with Crippen molar-refractivity contribution in [1.29, 1.82) is 0 Å². The summed E-state index contributed by atoms with van der Waals surface area (Å²) in [5.74, 6) is -1.03. The molecule has 1 aromatic heterocycles. The Kier molecular flexibility index (Phi) is 5.88. The van der Waals surface area contributed by atoms with Crippen LogP contribution >= 0.6 is 11.6 Å². The van der Waals surface area contributed by atoms with Crippen molar-refractivity contribution in [1.82, 2.24) is 9.88 Å². The highest BCUT2D eigenvalue weighted by Crippen LogP contribution is 2.28. The minimum absolute atomic E-state index is 0.110. The lowest BCUT2D eigenvalue weighted by molar-refractivity contribution is -0.143. The summed E-state index contributed by atoms with van der Waals surface area (Å²) in [4.78, 5) is 29.4. The molecule has 8 heteroatoms. The molecule has 1 aliphatic rings. The molecule has 2 atom stereocenters. The number of aliphatic carboxylic acids is 1. The van der Waals surface area contributed by atoms with Gasteiger partial charge in [0.15, 0.2) is 0 Å². The SMILES string of the molecule is CC1CC(C(=O)O)CN(C(=O)Nc2cc(Cl)cnc2OC(C)C)C1. The molecule has 0 aromatic carbocycles. The van der Waals surface area contributed by atoms with Crippen LogP contribution in [0.3, 0.4) is 0 Å². The molecule has 24 heavy (non-hydrogen) atoms. The van der Waals surface area contributed by atoms with E-state index in [4.69, 9.17) is 16.3 Å². The molecule has 0 radical (unpaired) electrons. The first kappa shape index (κ1) is 18.3. The number of piperidine rings is 1. The molecule has 1 fully saturated rings. The van der Waals surface area contributed by atoms with Gasteiger partial charge in [0.2, 0.25) is 5.88 Å². The summed E-state index contributed by atoms with van der Waals surface area (Å²) >= 11 is 5.95. The van der Waals surface area contributed by atoms with Crippen molar-refractivity contribution in [2.45, 2.75) is 33.3 Å². The van der Waals surface area contributed by atoms with Crippen molar-refractivity contribution in [3.63, 3.8) is 0 Å². The maximum absolute atomic E-state index is 12.5. The van der Waals surface area contributed by atoms with E-state index >= 15 is 0 Å². The zero-order valence-corrected chi connectivity index (χ0v) is 14.7. The zero-order valence-electron chi connectivity index (χ0n) is 14.0. The number of carbonyl (C=O) groups is 2. The molecule has 0 spiro atoms. The number of amides is 2. The highest BCUT2D eigenvalue weighted by Gasteiger charge is 2.32. The molecular formula is C16H22ClN3O4. The Balaban J connectivity index is 2.14. The van der Waals surface area contributed by atoms with Gasteiger partial charge in [-0.05, 0) is 32.3 Å². The Hall–Kier alpha value is -2.02. The molecule has 1 aromatic rings. The maximum Gasteiger partial charge on any atom is 0.322 e. The summed E-state index contributed by atoms with van der Waals surface area (Å²) in [7, 11) is 0. The number of ether oxygens (including phenoxy) is 1. The van der Waals surface area contributed by atoms with Crippen LogP contribution in [-0.4, -0.2) is 46.2 Å². The molecule has 2 heterocycles. The van der Waals surface area contributed by atoms with Gasteiger partial charge in [0.25, 0.3) is 0 Å². The topological polar surface area (TPSA) is 91.8 Å². The number of nitrogens with one attached hydrogen (secondary N) is 1. The van der Waals surface area contributed by atoms with Gasteiger partial charge in [-0.3, -0.25) is 4.79 Å². The van der Waals surface area contributed by atoms with Crippen LogP contribution in [0, 0.1) is 11.8 Å². The van der Waals surface area contributed by atoms with E-state index in [2.05, 4.69) is 10.3 Å². The van der Waals surface area contributed by atoms with Crippen LogP contribution in [0.15, 0.2) is 12.3 Å². The Bertz CT molecular complexity index is 623. The van der Waals surface area contributed by atoms with Gasteiger partial charge in [-0.2, -0.15) is 0 Å². The third-order valence-electron chi connectivity index (χ3n) is 3.70. The number of rotatable bonds is 4. The molecule has 2 N–H and O–H groups in total. The summed E-state index contributed by atoms with van der Waals surface area (Å²) in [5, 5.41) is 12.3. The van der Waals surface area contributed by atoms with Crippen molar-refractivity contribution in [3.8, 4) is 5.88 Å².